The Morgan fingerprint density at radius 1 is 1.32 bits per heavy atom. The molecule has 6 nitrogen and oxygen atoms in total. The standard InChI is InChI=1S/C20H17FN4O2S/c1-25(2)20-24-11-18(28-20)15-7-16(21)14(8-17(15)26)19(27)23-10-13-5-3-12(9-22)4-6-13/h3-8,11,26H,10H2,1-2H3,(H,23,27). The quantitative estimate of drug-likeness (QED) is 0.689. The van der Waals surface area contributed by atoms with Crippen LogP contribution in [0.4, 0.5) is 9.52 Å². The molecule has 1 aromatic heterocycles. The predicted octanol–water partition coefficient (Wildman–Crippen LogP) is 3.52. The van der Waals surface area contributed by atoms with Crippen molar-refractivity contribution in [3.8, 4) is 22.3 Å². The van der Waals surface area contributed by atoms with Crippen molar-refractivity contribution in [3.63, 3.8) is 0 Å². The van der Waals surface area contributed by atoms with Crippen molar-refractivity contribution in [1.29, 1.82) is 5.26 Å². The van der Waals surface area contributed by atoms with E-state index in [-0.39, 0.29) is 23.4 Å². The van der Waals surface area contributed by atoms with E-state index < -0.39 is 11.7 Å². The zero-order valence-electron chi connectivity index (χ0n) is 15.2. The van der Waals surface area contributed by atoms with Gasteiger partial charge in [-0.05, 0) is 29.8 Å². The van der Waals surface area contributed by atoms with E-state index >= 15 is 0 Å². The Morgan fingerprint density at radius 3 is 2.64 bits per heavy atom. The molecule has 2 aromatic carbocycles. The number of thiazole rings is 1. The van der Waals surface area contributed by atoms with Gasteiger partial charge in [-0.3, -0.25) is 4.79 Å². The number of carbonyl (C=O) groups excluding carboxylic acids is 1. The summed E-state index contributed by atoms with van der Waals surface area (Å²) in [6.45, 7) is 0.174. The lowest BCUT2D eigenvalue weighted by atomic mass is 10.1. The number of anilines is 1. The molecule has 1 amide bonds. The number of benzene rings is 2. The second kappa shape index (κ2) is 8.06. The molecule has 0 unspecified atom stereocenters. The van der Waals surface area contributed by atoms with E-state index in [9.17, 15) is 14.3 Å². The maximum atomic E-state index is 14.5. The third kappa shape index (κ3) is 4.10. The number of nitrogens with zero attached hydrogens (tertiary/aromatic N) is 3. The number of rotatable bonds is 5. The summed E-state index contributed by atoms with van der Waals surface area (Å²) in [7, 11) is 3.68. The van der Waals surface area contributed by atoms with Crippen molar-refractivity contribution in [2.45, 2.75) is 6.54 Å². The highest BCUT2D eigenvalue weighted by Crippen LogP contribution is 2.37. The van der Waals surface area contributed by atoms with Crippen LogP contribution in [-0.2, 0) is 6.54 Å². The minimum Gasteiger partial charge on any atom is -0.507 e. The van der Waals surface area contributed by atoms with Crippen LogP contribution in [0.15, 0.2) is 42.6 Å². The maximum Gasteiger partial charge on any atom is 0.254 e. The van der Waals surface area contributed by atoms with Crippen LogP contribution >= 0.6 is 11.3 Å². The van der Waals surface area contributed by atoms with Gasteiger partial charge in [-0.2, -0.15) is 5.26 Å². The van der Waals surface area contributed by atoms with E-state index in [1.54, 1.807) is 30.5 Å². The van der Waals surface area contributed by atoms with Crippen LogP contribution in [0, 0.1) is 17.1 Å². The Kier molecular flexibility index (Phi) is 5.57. The number of aromatic nitrogens is 1. The van der Waals surface area contributed by atoms with E-state index in [1.165, 1.54) is 11.3 Å². The van der Waals surface area contributed by atoms with Gasteiger partial charge in [0.1, 0.15) is 11.6 Å². The van der Waals surface area contributed by atoms with Gasteiger partial charge in [0.25, 0.3) is 5.91 Å². The van der Waals surface area contributed by atoms with Gasteiger partial charge in [-0.1, -0.05) is 23.5 Å². The highest BCUT2D eigenvalue weighted by molar-refractivity contribution is 7.18. The Hall–Kier alpha value is -3.44. The average Bonchev–Trinajstić information content (AvgIpc) is 3.18. The molecule has 2 N–H and O–H groups in total. The monoisotopic (exact) mass is 396 g/mol. The summed E-state index contributed by atoms with van der Waals surface area (Å²) in [6.07, 6.45) is 1.55. The molecular formula is C20H17FN4O2S. The fourth-order valence-corrected chi connectivity index (χ4v) is 3.37. The topological polar surface area (TPSA) is 89.3 Å². The zero-order valence-corrected chi connectivity index (χ0v) is 16.0. The van der Waals surface area contributed by atoms with Crippen LogP contribution in [0.1, 0.15) is 21.5 Å². The summed E-state index contributed by atoms with van der Waals surface area (Å²) in [5.41, 5.74) is 1.33. The minimum absolute atomic E-state index is 0.174. The molecule has 3 rings (SSSR count). The smallest absolute Gasteiger partial charge is 0.254 e. The Bertz CT molecular complexity index is 1060. The second-order valence-corrected chi connectivity index (χ2v) is 7.25. The molecule has 0 atom stereocenters. The highest BCUT2D eigenvalue weighted by atomic mass is 32.1. The molecule has 0 fully saturated rings. The maximum absolute atomic E-state index is 14.5. The van der Waals surface area contributed by atoms with E-state index in [0.29, 0.717) is 10.4 Å². The van der Waals surface area contributed by atoms with Gasteiger partial charge in [0.2, 0.25) is 0 Å². The molecular weight excluding hydrogens is 379 g/mol. The van der Waals surface area contributed by atoms with Crippen molar-refractivity contribution in [1.82, 2.24) is 10.3 Å². The van der Waals surface area contributed by atoms with Crippen LogP contribution in [0.3, 0.4) is 0 Å². The Morgan fingerprint density at radius 2 is 2.04 bits per heavy atom. The predicted molar refractivity (Wildman–Crippen MR) is 106 cm³/mol. The average molecular weight is 396 g/mol. The summed E-state index contributed by atoms with van der Waals surface area (Å²) in [6, 6.07) is 11.0. The van der Waals surface area contributed by atoms with Crippen LogP contribution in [-0.4, -0.2) is 30.1 Å². The second-order valence-electron chi connectivity index (χ2n) is 6.24. The summed E-state index contributed by atoms with van der Waals surface area (Å²) < 4.78 is 14.5. The molecule has 0 radical (unpaired) electrons. The molecule has 0 aliphatic heterocycles. The van der Waals surface area contributed by atoms with Crippen LogP contribution < -0.4 is 10.2 Å². The van der Waals surface area contributed by atoms with E-state index in [4.69, 9.17) is 5.26 Å². The number of amides is 1. The summed E-state index contributed by atoms with van der Waals surface area (Å²) in [5.74, 6) is -1.56. The molecule has 0 aliphatic rings. The van der Waals surface area contributed by atoms with Crippen molar-refractivity contribution in [3.05, 3.63) is 65.1 Å². The fourth-order valence-electron chi connectivity index (χ4n) is 2.50. The van der Waals surface area contributed by atoms with Crippen molar-refractivity contribution in [2.24, 2.45) is 0 Å². The van der Waals surface area contributed by atoms with E-state index in [1.807, 2.05) is 25.1 Å². The number of carbonyl (C=O) groups is 1. The third-order valence-corrected chi connectivity index (χ3v) is 5.21. The Labute approximate surface area is 165 Å². The first-order valence-electron chi connectivity index (χ1n) is 8.32. The molecule has 28 heavy (non-hydrogen) atoms. The molecule has 0 aliphatic carbocycles. The first-order valence-corrected chi connectivity index (χ1v) is 9.14. The molecule has 142 valence electrons. The molecule has 3 aromatic rings. The molecule has 0 saturated carbocycles. The number of nitrogens with one attached hydrogen (secondary N) is 1. The van der Waals surface area contributed by atoms with Gasteiger partial charge in [0, 0.05) is 32.4 Å². The third-order valence-electron chi connectivity index (χ3n) is 4.01. The van der Waals surface area contributed by atoms with Crippen molar-refractivity contribution in [2.75, 3.05) is 19.0 Å². The molecule has 0 bridgehead atoms. The van der Waals surface area contributed by atoms with Crippen molar-refractivity contribution >= 4 is 22.4 Å². The van der Waals surface area contributed by atoms with Crippen LogP contribution in [0.25, 0.3) is 10.4 Å². The molecule has 0 saturated heterocycles. The zero-order chi connectivity index (χ0) is 20.3. The molecule has 0 spiro atoms. The number of hydrogen-bond donors (Lipinski definition) is 2. The lowest BCUT2D eigenvalue weighted by molar-refractivity contribution is 0.0946. The lowest BCUT2D eigenvalue weighted by Gasteiger charge is -2.09. The number of phenolic OH excluding ortho intramolecular Hbond substituents is 1. The Balaban J connectivity index is 1.77. The molecule has 1 heterocycles. The number of halogens is 1. The number of hydrogen-bond acceptors (Lipinski definition) is 6. The largest absolute Gasteiger partial charge is 0.507 e. The minimum atomic E-state index is -0.732. The highest BCUT2D eigenvalue weighted by Gasteiger charge is 2.18. The first kappa shape index (κ1) is 19.3. The van der Waals surface area contributed by atoms with Gasteiger partial charge in [0.05, 0.1) is 22.1 Å². The van der Waals surface area contributed by atoms with Gasteiger partial charge in [0.15, 0.2) is 5.13 Å². The summed E-state index contributed by atoms with van der Waals surface area (Å²) in [4.78, 5) is 18.9. The van der Waals surface area contributed by atoms with Gasteiger partial charge >= 0.3 is 0 Å². The lowest BCUT2D eigenvalue weighted by Crippen LogP contribution is -2.23. The summed E-state index contributed by atoms with van der Waals surface area (Å²) >= 11 is 1.31. The normalized spacial score (nSPS) is 10.4. The van der Waals surface area contributed by atoms with Gasteiger partial charge in [-0.25, -0.2) is 9.37 Å². The SMILES string of the molecule is CN(C)c1ncc(-c2cc(F)c(C(=O)NCc3ccc(C#N)cc3)cc2O)s1. The van der Waals surface area contributed by atoms with E-state index in [0.717, 1.165) is 22.8 Å². The van der Waals surface area contributed by atoms with Crippen LogP contribution in [0.2, 0.25) is 0 Å². The first-order chi connectivity index (χ1) is 13.4. The number of aromatic hydroxyl groups is 1. The van der Waals surface area contributed by atoms with Gasteiger partial charge in [-0.15, -0.1) is 0 Å². The van der Waals surface area contributed by atoms with Gasteiger partial charge < -0.3 is 15.3 Å². The number of phenols is 1. The number of nitriles is 1. The fraction of sp³-hybridized carbons (Fsp3) is 0.150. The van der Waals surface area contributed by atoms with Crippen LogP contribution in [0.5, 0.6) is 5.75 Å². The molecule has 8 heteroatoms. The van der Waals surface area contributed by atoms with Crippen molar-refractivity contribution < 1.29 is 14.3 Å². The van der Waals surface area contributed by atoms with E-state index in [2.05, 4.69) is 10.3 Å². The summed E-state index contributed by atoms with van der Waals surface area (Å²) in [5, 5.41) is 22.4.